The van der Waals surface area contributed by atoms with Crippen LogP contribution in [0.5, 0.6) is 5.75 Å². The Morgan fingerprint density at radius 1 is 1.47 bits per heavy atom. The first-order valence-corrected chi connectivity index (χ1v) is 6.24. The SMILES string of the molecule is COc1ccc(NCCC2CCCCO2)nc1. The van der Waals surface area contributed by atoms with E-state index in [9.17, 15) is 0 Å². The van der Waals surface area contributed by atoms with Gasteiger partial charge < -0.3 is 14.8 Å². The first-order valence-electron chi connectivity index (χ1n) is 6.24. The highest BCUT2D eigenvalue weighted by Crippen LogP contribution is 2.16. The molecule has 0 spiro atoms. The summed E-state index contributed by atoms with van der Waals surface area (Å²) in [5.74, 6) is 1.67. The minimum atomic E-state index is 0.425. The lowest BCUT2D eigenvalue weighted by molar-refractivity contribution is 0.0134. The molecule has 17 heavy (non-hydrogen) atoms. The van der Waals surface area contributed by atoms with Gasteiger partial charge in [0.05, 0.1) is 19.4 Å². The summed E-state index contributed by atoms with van der Waals surface area (Å²) in [6, 6.07) is 3.84. The molecular weight excluding hydrogens is 216 g/mol. The highest BCUT2D eigenvalue weighted by atomic mass is 16.5. The fourth-order valence-electron chi connectivity index (χ4n) is 2.00. The van der Waals surface area contributed by atoms with Crippen molar-refractivity contribution in [2.24, 2.45) is 0 Å². The Hall–Kier alpha value is -1.29. The zero-order valence-corrected chi connectivity index (χ0v) is 10.3. The second-order valence-corrected chi connectivity index (χ2v) is 4.29. The van der Waals surface area contributed by atoms with Gasteiger partial charge in [0, 0.05) is 13.2 Å². The molecule has 0 aromatic carbocycles. The number of anilines is 1. The van der Waals surface area contributed by atoms with E-state index in [4.69, 9.17) is 9.47 Å². The van der Waals surface area contributed by atoms with Gasteiger partial charge in [0.25, 0.3) is 0 Å². The minimum absolute atomic E-state index is 0.425. The van der Waals surface area contributed by atoms with Crippen molar-refractivity contribution in [3.8, 4) is 5.75 Å². The summed E-state index contributed by atoms with van der Waals surface area (Å²) in [7, 11) is 1.64. The predicted molar refractivity (Wildman–Crippen MR) is 67.5 cm³/mol. The van der Waals surface area contributed by atoms with Crippen LogP contribution in [0.1, 0.15) is 25.7 Å². The van der Waals surface area contributed by atoms with E-state index in [0.29, 0.717) is 6.10 Å². The zero-order chi connectivity index (χ0) is 11.9. The number of rotatable bonds is 5. The fraction of sp³-hybridized carbons (Fsp3) is 0.615. The van der Waals surface area contributed by atoms with Crippen molar-refractivity contribution in [1.82, 2.24) is 4.98 Å². The van der Waals surface area contributed by atoms with Crippen LogP contribution in [0.3, 0.4) is 0 Å². The molecule has 1 aromatic heterocycles. The minimum Gasteiger partial charge on any atom is -0.495 e. The lowest BCUT2D eigenvalue weighted by atomic mass is 10.1. The standard InChI is InChI=1S/C13H20N2O2/c1-16-12-5-6-13(15-10-12)14-8-7-11-4-2-3-9-17-11/h5-6,10-11H,2-4,7-9H2,1H3,(H,14,15). The average molecular weight is 236 g/mol. The molecule has 4 heteroatoms. The molecule has 0 aliphatic carbocycles. The van der Waals surface area contributed by atoms with Gasteiger partial charge in [0.15, 0.2) is 0 Å². The van der Waals surface area contributed by atoms with Gasteiger partial charge in [0.2, 0.25) is 0 Å². The first kappa shape index (κ1) is 12.2. The van der Waals surface area contributed by atoms with Crippen molar-refractivity contribution in [3.63, 3.8) is 0 Å². The summed E-state index contributed by atoms with van der Waals surface area (Å²) in [6.07, 6.45) is 6.90. The number of hydrogen-bond donors (Lipinski definition) is 1. The molecule has 2 heterocycles. The number of nitrogens with one attached hydrogen (secondary N) is 1. The normalized spacial score (nSPS) is 19.9. The van der Waals surface area contributed by atoms with Gasteiger partial charge in [-0.3, -0.25) is 0 Å². The summed E-state index contributed by atoms with van der Waals surface area (Å²) in [4.78, 5) is 4.26. The monoisotopic (exact) mass is 236 g/mol. The number of aromatic nitrogens is 1. The van der Waals surface area contributed by atoms with Crippen LogP contribution < -0.4 is 10.1 Å². The summed E-state index contributed by atoms with van der Waals surface area (Å²) < 4.78 is 10.7. The molecule has 1 aliphatic heterocycles. The molecule has 2 rings (SSSR count). The smallest absolute Gasteiger partial charge is 0.137 e. The van der Waals surface area contributed by atoms with E-state index >= 15 is 0 Å². The van der Waals surface area contributed by atoms with Gasteiger partial charge >= 0.3 is 0 Å². The highest BCUT2D eigenvalue weighted by molar-refractivity contribution is 5.37. The van der Waals surface area contributed by atoms with Gasteiger partial charge in [0.1, 0.15) is 11.6 Å². The Bertz CT molecular complexity index is 321. The zero-order valence-electron chi connectivity index (χ0n) is 10.3. The molecule has 0 radical (unpaired) electrons. The highest BCUT2D eigenvalue weighted by Gasteiger charge is 2.12. The molecule has 4 nitrogen and oxygen atoms in total. The van der Waals surface area contributed by atoms with Gasteiger partial charge in [-0.1, -0.05) is 0 Å². The first-order chi connectivity index (χ1) is 8.38. The maximum absolute atomic E-state index is 5.67. The summed E-state index contributed by atoms with van der Waals surface area (Å²) in [5, 5.41) is 3.30. The summed E-state index contributed by atoms with van der Waals surface area (Å²) in [5.41, 5.74) is 0. The molecule has 1 fully saturated rings. The average Bonchev–Trinajstić information content (AvgIpc) is 2.41. The van der Waals surface area contributed by atoms with Gasteiger partial charge in [-0.05, 0) is 37.8 Å². The van der Waals surface area contributed by atoms with Crippen LogP contribution in [0.4, 0.5) is 5.82 Å². The van der Waals surface area contributed by atoms with Crippen molar-refractivity contribution < 1.29 is 9.47 Å². The third-order valence-electron chi connectivity index (χ3n) is 3.02. The lowest BCUT2D eigenvalue weighted by Gasteiger charge is -2.22. The van der Waals surface area contributed by atoms with Crippen molar-refractivity contribution in [2.45, 2.75) is 31.8 Å². The van der Waals surface area contributed by atoms with E-state index in [1.807, 2.05) is 12.1 Å². The maximum atomic E-state index is 5.67. The van der Waals surface area contributed by atoms with Crippen LogP contribution in [0.2, 0.25) is 0 Å². The molecule has 0 saturated carbocycles. The van der Waals surface area contributed by atoms with Crippen molar-refractivity contribution in [1.29, 1.82) is 0 Å². The molecule has 1 aliphatic rings. The number of ether oxygens (including phenoxy) is 2. The quantitative estimate of drug-likeness (QED) is 0.853. The molecule has 1 saturated heterocycles. The topological polar surface area (TPSA) is 43.4 Å². The Morgan fingerprint density at radius 3 is 3.06 bits per heavy atom. The van der Waals surface area contributed by atoms with Crippen LogP contribution in [-0.4, -0.2) is 31.3 Å². The van der Waals surface area contributed by atoms with E-state index in [2.05, 4.69) is 10.3 Å². The Balaban J connectivity index is 1.69. The van der Waals surface area contributed by atoms with E-state index < -0.39 is 0 Å². The van der Waals surface area contributed by atoms with Crippen LogP contribution in [0.25, 0.3) is 0 Å². The predicted octanol–water partition coefficient (Wildman–Crippen LogP) is 2.46. The van der Waals surface area contributed by atoms with E-state index in [0.717, 1.165) is 31.1 Å². The van der Waals surface area contributed by atoms with Crippen LogP contribution in [0.15, 0.2) is 18.3 Å². The molecule has 1 atom stereocenters. The van der Waals surface area contributed by atoms with Crippen LogP contribution in [0, 0.1) is 0 Å². The third kappa shape index (κ3) is 3.89. The van der Waals surface area contributed by atoms with Gasteiger partial charge in [-0.15, -0.1) is 0 Å². The largest absolute Gasteiger partial charge is 0.495 e. The number of pyridine rings is 1. The number of nitrogens with zero attached hydrogens (tertiary/aromatic N) is 1. The Labute approximate surface area is 102 Å². The second-order valence-electron chi connectivity index (χ2n) is 4.29. The Morgan fingerprint density at radius 2 is 2.41 bits per heavy atom. The van der Waals surface area contributed by atoms with E-state index in [1.54, 1.807) is 13.3 Å². The molecule has 1 unspecified atom stereocenters. The summed E-state index contributed by atoms with van der Waals surface area (Å²) in [6.45, 7) is 1.83. The summed E-state index contributed by atoms with van der Waals surface area (Å²) >= 11 is 0. The number of methoxy groups -OCH3 is 1. The van der Waals surface area contributed by atoms with Crippen molar-refractivity contribution >= 4 is 5.82 Å². The van der Waals surface area contributed by atoms with E-state index in [1.165, 1.54) is 19.3 Å². The van der Waals surface area contributed by atoms with E-state index in [-0.39, 0.29) is 0 Å². The second kappa shape index (κ2) is 6.45. The fourth-order valence-corrected chi connectivity index (χ4v) is 2.00. The molecule has 1 aromatic rings. The number of hydrogen-bond acceptors (Lipinski definition) is 4. The Kier molecular flexibility index (Phi) is 4.62. The van der Waals surface area contributed by atoms with Crippen LogP contribution in [-0.2, 0) is 4.74 Å². The molecule has 0 amide bonds. The lowest BCUT2D eigenvalue weighted by Crippen LogP contribution is -2.22. The van der Waals surface area contributed by atoms with Gasteiger partial charge in [-0.25, -0.2) is 4.98 Å². The van der Waals surface area contributed by atoms with Crippen molar-refractivity contribution in [3.05, 3.63) is 18.3 Å². The van der Waals surface area contributed by atoms with Crippen LogP contribution >= 0.6 is 0 Å². The molecule has 1 N–H and O–H groups in total. The maximum Gasteiger partial charge on any atom is 0.137 e. The molecule has 94 valence electrons. The third-order valence-corrected chi connectivity index (χ3v) is 3.02. The van der Waals surface area contributed by atoms with Gasteiger partial charge in [-0.2, -0.15) is 0 Å². The molecule has 0 bridgehead atoms. The van der Waals surface area contributed by atoms with Crippen molar-refractivity contribution in [2.75, 3.05) is 25.6 Å². The molecular formula is C13H20N2O2.